The van der Waals surface area contributed by atoms with Crippen molar-refractivity contribution in [3.8, 4) is 0 Å². The Balaban J connectivity index is 2.52. The summed E-state index contributed by atoms with van der Waals surface area (Å²) in [5, 5.41) is 2.06. The standard InChI is InChI=1S/C13H12N4/c1-7-3-4-8(2)11-10(7)5-9-6-15-13(14)17-12(9)16-11/h3-6H,1-2H3,(H2,14,15,16,17). The van der Waals surface area contributed by atoms with Crippen LogP contribution in [0.4, 0.5) is 5.95 Å². The largest absolute Gasteiger partial charge is 0.368 e. The molecule has 1 aromatic carbocycles. The van der Waals surface area contributed by atoms with E-state index in [2.05, 4.69) is 40.1 Å². The van der Waals surface area contributed by atoms with E-state index in [9.17, 15) is 0 Å². The Morgan fingerprint density at radius 2 is 1.82 bits per heavy atom. The summed E-state index contributed by atoms with van der Waals surface area (Å²) in [6, 6.07) is 6.24. The van der Waals surface area contributed by atoms with Gasteiger partial charge in [0.05, 0.1) is 5.52 Å². The molecule has 0 aliphatic carbocycles. The molecule has 0 amide bonds. The number of nitrogen functional groups attached to an aromatic ring is 1. The topological polar surface area (TPSA) is 64.7 Å². The summed E-state index contributed by atoms with van der Waals surface area (Å²) >= 11 is 0. The summed E-state index contributed by atoms with van der Waals surface area (Å²) in [5.41, 5.74) is 9.56. The number of rotatable bonds is 0. The highest BCUT2D eigenvalue weighted by Gasteiger charge is 2.06. The van der Waals surface area contributed by atoms with Crippen molar-refractivity contribution in [1.29, 1.82) is 0 Å². The zero-order valence-corrected chi connectivity index (χ0v) is 9.73. The van der Waals surface area contributed by atoms with Crippen LogP contribution in [0.25, 0.3) is 21.9 Å². The highest BCUT2D eigenvalue weighted by molar-refractivity contribution is 5.94. The Bertz CT molecular complexity index is 734. The van der Waals surface area contributed by atoms with Crippen molar-refractivity contribution in [3.63, 3.8) is 0 Å². The van der Waals surface area contributed by atoms with E-state index in [4.69, 9.17) is 5.73 Å². The lowest BCUT2D eigenvalue weighted by atomic mass is 10.0. The predicted octanol–water partition coefficient (Wildman–Crippen LogP) is 2.38. The molecular formula is C13H12N4. The van der Waals surface area contributed by atoms with Gasteiger partial charge in [-0.3, -0.25) is 0 Å². The Hall–Kier alpha value is -2.23. The van der Waals surface area contributed by atoms with Gasteiger partial charge in [0.25, 0.3) is 0 Å². The van der Waals surface area contributed by atoms with Crippen LogP contribution in [-0.4, -0.2) is 15.0 Å². The van der Waals surface area contributed by atoms with Crippen molar-refractivity contribution in [1.82, 2.24) is 15.0 Å². The summed E-state index contributed by atoms with van der Waals surface area (Å²) in [6.45, 7) is 4.12. The van der Waals surface area contributed by atoms with Crippen molar-refractivity contribution in [2.75, 3.05) is 5.73 Å². The third-order valence-corrected chi connectivity index (χ3v) is 2.97. The number of pyridine rings is 1. The van der Waals surface area contributed by atoms with Gasteiger partial charge in [0.2, 0.25) is 5.95 Å². The number of nitrogens with two attached hydrogens (primary N) is 1. The summed E-state index contributed by atoms with van der Waals surface area (Å²) in [5.74, 6) is 0.259. The zero-order chi connectivity index (χ0) is 12.0. The number of anilines is 1. The van der Waals surface area contributed by atoms with E-state index in [0.29, 0.717) is 5.65 Å². The third-order valence-electron chi connectivity index (χ3n) is 2.97. The molecule has 4 heteroatoms. The van der Waals surface area contributed by atoms with E-state index < -0.39 is 0 Å². The lowest BCUT2D eigenvalue weighted by Crippen LogP contribution is -1.97. The maximum atomic E-state index is 5.57. The molecule has 3 rings (SSSR count). The first-order chi connectivity index (χ1) is 8.15. The van der Waals surface area contributed by atoms with E-state index >= 15 is 0 Å². The van der Waals surface area contributed by atoms with Crippen LogP contribution in [0.1, 0.15) is 11.1 Å². The van der Waals surface area contributed by atoms with Crippen LogP contribution in [0.2, 0.25) is 0 Å². The van der Waals surface area contributed by atoms with Gasteiger partial charge in [0, 0.05) is 17.0 Å². The minimum Gasteiger partial charge on any atom is -0.368 e. The van der Waals surface area contributed by atoms with Gasteiger partial charge in [-0.15, -0.1) is 0 Å². The SMILES string of the molecule is Cc1ccc(C)c2nc3nc(N)ncc3cc12. The molecule has 4 nitrogen and oxygen atoms in total. The highest BCUT2D eigenvalue weighted by atomic mass is 15.0. The fourth-order valence-electron chi connectivity index (χ4n) is 2.00. The summed E-state index contributed by atoms with van der Waals surface area (Å²) in [4.78, 5) is 12.7. The molecule has 0 radical (unpaired) electrons. The molecule has 2 heterocycles. The van der Waals surface area contributed by atoms with Gasteiger partial charge in [-0.25, -0.2) is 9.97 Å². The Labute approximate surface area is 98.5 Å². The van der Waals surface area contributed by atoms with Crippen LogP contribution in [-0.2, 0) is 0 Å². The van der Waals surface area contributed by atoms with Crippen LogP contribution in [0.3, 0.4) is 0 Å². The normalized spacial score (nSPS) is 11.2. The number of nitrogens with zero attached hydrogens (tertiary/aromatic N) is 3. The smallest absolute Gasteiger partial charge is 0.222 e. The van der Waals surface area contributed by atoms with Crippen LogP contribution in [0, 0.1) is 13.8 Å². The van der Waals surface area contributed by atoms with E-state index in [0.717, 1.165) is 21.9 Å². The van der Waals surface area contributed by atoms with Crippen molar-refractivity contribution in [2.24, 2.45) is 0 Å². The second kappa shape index (κ2) is 3.38. The number of benzene rings is 1. The van der Waals surface area contributed by atoms with Crippen LogP contribution < -0.4 is 5.73 Å². The van der Waals surface area contributed by atoms with Gasteiger partial charge in [-0.1, -0.05) is 12.1 Å². The number of aromatic nitrogens is 3. The maximum absolute atomic E-state index is 5.57. The molecular weight excluding hydrogens is 212 g/mol. The number of aryl methyl sites for hydroxylation is 2. The Morgan fingerprint density at radius 3 is 2.65 bits per heavy atom. The first kappa shape index (κ1) is 9.96. The zero-order valence-electron chi connectivity index (χ0n) is 9.73. The highest BCUT2D eigenvalue weighted by Crippen LogP contribution is 2.23. The molecule has 84 valence electrons. The van der Waals surface area contributed by atoms with Gasteiger partial charge in [0.15, 0.2) is 5.65 Å². The second-order valence-electron chi connectivity index (χ2n) is 4.22. The van der Waals surface area contributed by atoms with Crippen molar-refractivity contribution in [3.05, 3.63) is 35.5 Å². The van der Waals surface area contributed by atoms with Gasteiger partial charge in [-0.05, 0) is 31.0 Å². The van der Waals surface area contributed by atoms with Gasteiger partial charge >= 0.3 is 0 Å². The van der Waals surface area contributed by atoms with E-state index in [1.807, 2.05) is 6.92 Å². The molecule has 0 unspecified atom stereocenters. The molecule has 0 aliphatic heterocycles. The first-order valence-electron chi connectivity index (χ1n) is 5.44. The molecule has 0 spiro atoms. The molecule has 0 saturated heterocycles. The summed E-state index contributed by atoms with van der Waals surface area (Å²) in [7, 11) is 0. The Morgan fingerprint density at radius 1 is 1.06 bits per heavy atom. The summed E-state index contributed by atoms with van der Waals surface area (Å²) in [6.07, 6.45) is 1.71. The minimum atomic E-state index is 0.259. The molecule has 0 saturated carbocycles. The molecule has 0 fully saturated rings. The molecule has 0 bridgehead atoms. The average molecular weight is 224 g/mol. The number of hydrogen-bond acceptors (Lipinski definition) is 4. The van der Waals surface area contributed by atoms with E-state index in [1.165, 1.54) is 5.56 Å². The molecule has 0 atom stereocenters. The van der Waals surface area contributed by atoms with E-state index in [-0.39, 0.29) is 5.95 Å². The quantitative estimate of drug-likeness (QED) is 0.595. The van der Waals surface area contributed by atoms with E-state index in [1.54, 1.807) is 6.20 Å². The van der Waals surface area contributed by atoms with Gasteiger partial charge in [-0.2, -0.15) is 4.98 Å². The number of hydrogen-bond donors (Lipinski definition) is 1. The minimum absolute atomic E-state index is 0.259. The second-order valence-corrected chi connectivity index (χ2v) is 4.22. The summed E-state index contributed by atoms with van der Waals surface area (Å²) < 4.78 is 0. The van der Waals surface area contributed by atoms with Crippen molar-refractivity contribution >= 4 is 27.9 Å². The molecule has 17 heavy (non-hydrogen) atoms. The van der Waals surface area contributed by atoms with Crippen LogP contribution in [0.15, 0.2) is 24.4 Å². The number of fused-ring (bicyclic) bond motifs is 2. The van der Waals surface area contributed by atoms with Crippen LogP contribution in [0.5, 0.6) is 0 Å². The maximum Gasteiger partial charge on any atom is 0.222 e. The fraction of sp³-hybridized carbons (Fsp3) is 0.154. The molecule has 0 aliphatic rings. The Kier molecular flexibility index (Phi) is 1.98. The lowest BCUT2D eigenvalue weighted by Gasteiger charge is -2.06. The predicted molar refractivity (Wildman–Crippen MR) is 68.7 cm³/mol. The average Bonchev–Trinajstić information content (AvgIpc) is 2.32. The molecule has 3 aromatic rings. The fourth-order valence-corrected chi connectivity index (χ4v) is 2.00. The van der Waals surface area contributed by atoms with Gasteiger partial charge in [0.1, 0.15) is 0 Å². The monoisotopic (exact) mass is 224 g/mol. The first-order valence-corrected chi connectivity index (χ1v) is 5.44. The van der Waals surface area contributed by atoms with Crippen molar-refractivity contribution in [2.45, 2.75) is 13.8 Å². The lowest BCUT2D eigenvalue weighted by molar-refractivity contribution is 1.21. The van der Waals surface area contributed by atoms with Crippen molar-refractivity contribution < 1.29 is 0 Å². The molecule has 2 N–H and O–H groups in total. The molecule has 2 aromatic heterocycles. The van der Waals surface area contributed by atoms with Crippen LogP contribution >= 0.6 is 0 Å². The third kappa shape index (κ3) is 1.49. The van der Waals surface area contributed by atoms with Gasteiger partial charge < -0.3 is 5.73 Å².